The van der Waals surface area contributed by atoms with Crippen LogP contribution in [0.3, 0.4) is 0 Å². The van der Waals surface area contributed by atoms with E-state index < -0.39 is 11.4 Å². The van der Waals surface area contributed by atoms with E-state index in [0.717, 1.165) is 16.7 Å². The molecule has 0 radical (unpaired) electrons. The summed E-state index contributed by atoms with van der Waals surface area (Å²) >= 11 is 0. The fourth-order valence-electron chi connectivity index (χ4n) is 4.87. The van der Waals surface area contributed by atoms with Crippen LogP contribution in [0.5, 0.6) is 11.5 Å². The molecule has 0 fully saturated rings. The van der Waals surface area contributed by atoms with Gasteiger partial charge in [0.15, 0.2) is 0 Å². The Morgan fingerprint density at radius 1 is 0.706 bits per heavy atom. The average Bonchev–Trinajstić information content (AvgIpc) is 3.16. The molecule has 0 aliphatic carbocycles. The van der Waals surface area contributed by atoms with E-state index in [1.807, 2.05) is 91.0 Å². The van der Waals surface area contributed by atoms with E-state index in [-0.39, 0.29) is 5.71 Å². The van der Waals surface area contributed by atoms with Crippen LogP contribution in [0.15, 0.2) is 103 Å². The van der Waals surface area contributed by atoms with Crippen LogP contribution in [0, 0.1) is 5.41 Å². The molecule has 0 atom stereocenters. The highest BCUT2D eigenvalue weighted by Gasteiger charge is 2.51. The molecule has 5 rings (SSSR count). The standard InChI is InChI=1S/C29H24N2O3/c1-33-23-18-24-26(25(19-23)34-2)27(30)28(32)31(24)29(20-12-6-3-7-13-20,21-14-8-4-9-15-21)22-16-10-5-11-17-22/h3-19,30H,1-2H3. The van der Waals surface area contributed by atoms with E-state index in [1.54, 1.807) is 24.1 Å². The zero-order chi connectivity index (χ0) is 23.7. The van der Waals surface area contributed by atoms with Gasteiger partial charge in [0.2, 0.25) is 0 Å². The van der Waals surface area contributed by atoms with Crippen molar-refractivity contribution in [1.82, 2.24) is 0 Å². The fraction of sp³-hybridized carbons (Fsp3) is 0.103. The van der Waals surface area contributed by atoms with Crippen molar-refractivity contribution >= 4 is 17.3 Å². The van der Waals surface area contributed by atoms with Gasteiger partial charge in [-0.2, -0.15) is 0 Å². The van der Waals surface area contributed by atoms with Crippen molar-refractivity contribution in [3.63, 3.8) is 0 Å². The van der Waals surface area contributed by atoms with Crippen molar-refractivity contribution < 1.29 is 14.3 Å². The maximum absolute atomic E-state index is 14.0. The summed E-state index contributed by atoms with van der Waals surface area (Å²) in [5.41, 5.74) is 2.61. The summed E-state index contributed by atoms with van der Waals surface area (Å²) in [5.74, 6) is 0.572. The minimum absolute atomic E-state index is 0.110. The van der Waals surface area contributed by atoms with Gasteiger partial charge in [-0.1, -0.05) is 91.0 Å². The number of carbonyl (C=O) groups is 1. The minimum atomic E-state index is -1.03. The number of fused-ring (bicyclic) bond motifs is 1. The summed E-state index contributed by atoms with van der Waals surface area (Å²) in [6.07, 6.45) is 0. The summed E-state index contributed by atoms with van der Waals surface area (Å²) in [4.78, 5) is 15.7. The Kier molecular flexibility index (Phi) is 5.38. The average molecular weight is 449 g/mol. The normalized spacial score (nSPS) is 13.1. The molecule has 0 spiro atoms. The number of rotatable bonds is 6. The van der Waals surface area contributed by atoms with Crippen LogP contribution < -0.4 is 14.4 Å². The van der Waals surface area contributed by atoms with Crippen LogP contribution >= 0.6 is 0 Å². The monoisotopic (exact) mass is 448 g/mol. The molecule has 168 valence electrons. The van der Waals surface area contributed by atoms with Crippen molar-refractivity contribution in [2.24, 2.45) is 0 Å². The SMILES string of the molecule is COc1cc(OC)c2c(c1)N(C(c1ccccc1)(c1ccccc1)c1ccccc1)C(=O)C2=N. The highest BCUT2D eigenvalue weighted by molar-refractivity contribution is 6.54. The van der Waals surface area contributed by atoms with Crippen molar-refractivity contribution in [1.29, 1.82) is 5.41 Å². The first-order chi connectivity index (χ1) is 16.6. The number of nitrogens with one attached hydrogen (secondary N) is 1. The molecular formula is C29H24N2O3. The third-order valence-electron chi connectivity index (χ3n) is 6.33. The molecule has 0 unspecified atom stereocenters. The number of nitrogens with zero attached hydrogens (tertiary/aromatic N) is 1. The zero-order valence-corrected chi connectivity index (χ0v) is 19.0. The second-order valence-electron chi connectivity index (χ2n) is 8.05. The maximum Gasteiger partial charge on any atom is 0.278 e. The summed E-state index contributed by atoms with van der Waals surface area (Å²) in [6, 6.07) is 33.3. The Labute approximate surface area is 198 Å². The van der Waals surface area contributed by atoms with Crippen molar-refractivity contribution in [2.45, 2.75) is 5.54 Å². The molecule has 0 aromatic heterocycles. The Balaban J connectivity index is 1.94. The molecule has 1 aliphatic heterocycles. The van der Waals surface area contributed by atoms with Crippen LogP contribution in [-0.2, 0) is 10.3 Å². The number of amides is 1. The van der Waals surface area contributed by atoms with Gasteiger partial charge in [-0.05, 0) is 16.7 Å². The number of hydrogen-bond donors (Lipinski definition) is 1. The summed E-state index contributed by atoms with van der Waals surface area (Å²) in [7, 11) is 3.11. The molecule has 5 heteroatoms. The van der Waals surface area contributed by atoms with E-state index in [1.165, 1.54) is 7.11 Å². The Hall–Kier alpha value is -4.38. The van der Waals surface area contributed by atoms with Crippen molar-refractivity contribution in [2.75, 3.05) is 19.1 Å². The summed E-state index contributed by atoms with van der Waals surface area (Å²) in [6.45, 7) is 0. The lowest BCUT2D eigenvalue weighted by atomic mass is 9.75. The van der Waals surface area contributed by atoms with Crippen molar-refractivity contribution in [3.8, 4) is 11.5 Å². The van der Waals surface area contributed by atoms with Gasteiger partial charge in [-0.15, -0.1) is 0 Å². The molecule has 1 amide bonds. The topological polar surface area (TPSA) is 62.6 Å². The van der Waals surface area contributed by atoms with E-state index >= 15 is 0 Å². The highest BCUT2D eigenvalue weighted by Crippen LogP contribution is 2.50. The number of benzene rings is 4. The second kappa shape index (κ2) is 8.52. The molecule has 0 saturated heterocycles. The lowest BCUT2D eigenvalue weighted by molar-refractivity contribution is -0.113. The number of hydrogen-bond acceptors (Lipinski definition) is 4. The molecule has 1 N–H and O–H groups in total. The van der Waals surface area contributed by atoms with E-state index in [2.05, 4.69) is 0 Å². The Morgan fingerprint density at radius 3 is 1.59 bits per heavy atom. The minimum Gasteiger partial charge on any atom is -0.497 e. The number of anilines is 1. The smallest absolute Gasteiger partial charge is 0.278 e. The number of methoxy groups -OCH3 is 2. The van der Waals surface area contributed by atoms with Crippen LogP contribution in [0.25, 0.3) is 0 Å². The fourth-order valence-corrected chi connectivity index (χ4v) is 4.87. The van der Waals surface area contributed by atoms with E-state index in [0.29, 0.717) is 22.7 Å². The molecule has 4 aromatic carbocycles. The van der Waals surface area contributed by atoms with Crippen LogP contribution in [0.2, 0.25) is 0 Å². The number of carbonyl (C=O) groups excluding carboxylic acids is 1. The van der Waals surface area contributed by atoms with Crippen LogP contribution in [-0.4, -0.2) is 25.8 Å². The highest BCUT2D eigenvalue weighted by atomic mass is 16.5. The predicted molar refractivity (Wildman–Crippen MR) is 133 cm³/mol. The third-order valence-corrected chi connectivity index (χ3v) is 6.33. The van der Waals surface area contributed by atoms with E-state index in [4.69, 9.17) is 14.9 Å². The molecule has 0 bridgehead atoms. The van der Waals surface area contributed by atoms with E-state index in [9.17, 15) is 4.79 Å². The molecule has 0 saturated carbocycles. The molecule has 5 nitrogen and oxygen atoms in total. The first kappa shape index (κ1) is 21.5. The predicted octanol–water partition coefficient (Wildman–Crippen LogP) is 5.41. The molecule has 34 heavy (non-hydrogen) atoms. The summed E-state index contributed by atoms with van der Waals surface area (Å²) < 4.78 is 11.1. The van der Waals surface area contributed by atoms with Gasteiger partial charge in [0, 0.05) is 12.1 Å². The molecular weight excluding hydrogens is 424 g/mol. The lowest BCUT2D eigenvalue weighted by Gasteiger charge is -2.43. The van der Waals surface area contributed by atoms with Crippen LogP contribution in [0.1, 0.15) is 22.3 Å². The molecule has 4 aromatic rings. The Bertz CT molecular complexity index is 1260. The van der Waals surface area contributed by atoms with Crippen LogP contribution in [0.4, 0.5) is 5.69 Å². The number of ether oxygens (including phenoxy) is 2. The largest absolute Gasteiger partial charge is 0.497 e. The molecule has 1 aliphatic rings. The quantitative estimate of drug-likeness (QED) is 0.401. The van der Waals surface area contributed by atoms with Gasteiger partial charge in [0.25, 0.3) is 5.91 Å². The van der Waals surface area contributed by atoms with Gasteiger partial charge >= 0.3 is 0 Å². The zero-order valence-electron chi connectivity index (χ0n) is 19.0. The third kappa shape index (κ3) is 3.09. The second-order valence-corrected chi connectivity index (χ2v) is 8.05. The van der Waals surface area contributed by atoms with Gasteiger partial charge in [0.1, 0.15) is 22.7 Å². The first-order valence-electron chi connectivity index (χ1n) is 11.0. The summed E-state index contributed by atoms with van der Waals surface area (Å²) in [5, 5.41) is 8.79. The van der Waals surface area contributed by atoms with Gasteiger partial charge in [-0.25, -0.2) is 0 Å². The lowest BCUT2D eigenvalue weighted by Crippen LogP contribution is -2.51. The van der Waals surface area contributed by atoms with Gasteiger partial charge in [0.05, 0.1) is 25.5 Å². The van der Waals surface area contributed by atoms with Crippen molar-refractivity contribution in [3.05, 3.63) is 125 Å². The maximum atomic E-state index is 14.0. The van der Waals surface area contributed by atoms with Gasteiger partial charge in [-0.3, -0.25) is 15.1 Å². The molecule has 1 heterocycles. The first-order valence-corrected chi connectivity index (χ1v) is 11.0. The Morgan fingerprint density at radius 2 is 1.18 bits per heavy atom. The van der Waals surface area contributed by atoms with Gasteiger partial charge < -0.3 is 9.47 Å².